The van der Waals surface area contributed by atoms with E-state index in [1.54, 1.807) is 37.5 Å². The van der Waals surface area contributed by atoms with Crippen LogP contribution in [0.5, 0.6) is 17.2 Å². The second-order valence-electron chi connectivity index (χ2n) is 5.36. The normalized spacial score (nSPS) is 14.2. The largest absolute Gasteiger partial charge is 0.507 e. The molecule has 0 amide bonds. The number of benzene rings is 2. The molecule has 0 radical (unpaired) electrons. The second-order valence-corrected chi connectivity index (χ2v) is 5.36. The SMILES string of the molecule is COc1cccc2c(O)cc(C3=CC(=O)CC3)c(OCCO)c12. The summed E-state index contributed by atoms with van der Waals surface area (Å²) >= 11 is 0. The van der Waals surface area contributed by atoms with Gasteiger partial charge in [0.25, 0.3) is 0 Å². The van der Waals surface area contributed by atoms with Gasteiger partial charge in [-0.2, -0.15) is 0 Å². The Morgan fingerprint density at radius 2 is 2.09 bits per heavy atom. The minimum atomic E-state index is -0.130. The number of hydrogen-bond acceptors (Lipinski definition) is 5. The monoisotopic (exact) mass is 314 g/mol. The molecule has 120 valence electrons. The van der Waals surface area contributed by atoms with Crippen LogP contribution in [-0.2, 0) is 4.79 Å². The third kappa shape index (κ3) is 2.75. The molecular weight excluding hydrogens is 296 g/mol. The van der Waals surface area contributed by atoms with E-state index in [0.29, 0.717) is 40.7 Å². The lowest BCUT2D eigenvalue weighted by atomic mass is 9.97. The van der Waals surface area contributed by atoms with Gasteiger partial charge >= 0.3 is 0 Å². The summed E-state index contributed by atoms with van der Waals surface area (Å²) in [6, 6.07) is 6.95. The number of aliphatic hydroxyl groups is 1. The van der Waals surface area contributed by atoms with E-state index in [1.807, 2.05) is 0 Å². The first-order chi connectivity index (χ1) is 11.2. The van der Waals surface area contributed by atoms with Crippen LogP contribution in [0.1, 0.15) is 18.4 Å². The van der Waals surface area contributed by atoms with Crippen LogP contribution in [0.2, 0.25) is 0 Å². The fraction of sp³-hybridized carbons (Fsp3) is 0.278. The Kier molecular flexibility index (Phi) is 4.21. The molecule has 0 unspecified atom stereocenters. The topological polar surface area (TPSA) is 76.0 Å². The highest BCUT2D eigenvalue weighted by Gasteiger charge is 2.22. The molecule has 0 bridgehead atoms. The van der Waals surface area contributed by atoms with E-state index in [2.05, 4.69) is 0 Å². The summed E-state index contributed by atoms with van der Waals surface area (Å²) < 4.78 is 11.2. The number of ketones is 1. The number of methoxy groups -OCH3 is 1. The molecular formula is C18H18O5. The quantitative estimate of drug-likeness (QED) is 0.887. The number of aliphatic hydroxyl groups excluding tert-OH is 1. The van der Waals surface area contributed by atoms with Crippen molar-refractivity contribution in [3.05, 3.63) is 35.9 Å². The molecule has 0 saturated heterocycles. The van der Waals surface area contributed by atoms with Crippen LogP contribution in [0.15, 0.2) is 30.3 Å². The highest BCUT2D eigenvalue weighted by atomic mass is 16.5. The number of phenolic OH excluding ortho intramolecular Hbond substituents is 1. The molecule has 0 saturated carbocycles. The van der Waals surface area contributed by atoms with Gasteiger partial charge in [0.1, 0.15) is 23.9 Å². The Hall–Kier alpha value is -2.53. The van der Waals surface area contributed by atoms with Gasteiger partial charge in [0, 0.05) is 17.4 Å². The van der Waals surface area contributed by atoms with Crippen LogP contribution in [-0.4, -0.2) is 36.3 Å². The Bertz CT molecular complexity index is 792. The first-order valence-electron chi connectivity index (χ1n) is 7.45. The zero-order chi connectivity index (χ0) is 16.4. The summed E-state index contributed by atoms with van der Waals surface area (Å²) in [6.45, 7) is -0.0128. The Labute approximate surface area is 133 Å². The highest BCUT2D eigenvalue weighted by molar-refractivity contribution is 6.06. The number of phenols is 1. The molecule has 0 atom stereocenters. The van der Waals surface area contributed by atoms with Crippen LogP contribution in [0.4, 0.5) is 0 Å². The molecule has 23 heavy (non-hydrogen) atoms. The smallest absolute Gasteiger partial charge is 0.156 e. The van der Waals surface area contributed by atoms with E-state index < -0.39 is 0 Å². The molecule has 0 aromatic heterocycles. The number of aromatic hydroxyl groups is 1. The summed E-state index contributed by atoms with van der Waals surface area (Å²) in [5.74, 6) is 1.25. The Morgan fingerprint density at radius 3 is 2.74 bits per heavy atom. The summed E-state index contributed by atoms with van der Waals surface area (Å²) in [5.41, 5.74) is 1.49. The molecule has 1 aliphatic rings. The molecule has 3 rings (SSSR count). The number of allylic oxidation sites excluding steroid dienone is 2. The third-order valence-electron chi connectivity index (χ3n) is 3.93. The Balaban J connectivity index is 2.30. The van der Waals surface area contributed by atoms with Crippen molar-refractivity contribution in [2.75, 3.05) is 20.3 Å². The molecule has 0 aliphatic heterocycles. The van der Waals surface area contributed by atoms with Crippen molar-refractivity contribution < 1.29 is 24.5 Å². The molecule has 0 spiro atoms. The molecule has 2 aromatic carbocycles. The number of ether oxygens (including phenoxy) is 2. The molecule has 0 heterocycles. The predicted octanol–water partition coefficient (Wildman–Crippen LogP) is 2.67. The second kappa shape index (κ2) is 6.30. The Morgan fingerprint density at radius 1 is 1.26 bits per heavy atom. The number of rotatable bonds is 5. The van der Waals surface area contributed by atoms with Crippen LogP contribution in [0, 0.1) is 0 Å². The van der Waals surface area contributed by atoms with E-state index in [-0.39, 0.29) is 24.7 Å². The van der Waals surface area contributed by atoms with Crippen molar-refractivity contribution in [1.29, 1.82) is 0 Å². The molecule has 1 aliphatic carbocycles. The van der Waals surface area contributed by atoms with E-state index >= 15 is 0 Å². The van der Waals surface area contributed by atoms with Gasteiger partial charge in [0.2, 0.25) is 0 Å². The number of carbonyl (C=O) groups excluding carboxylic acids is 1. The van der Waals surface area contributed by atoms with Crippen molar-refractivity contribution in [2.24, 2.45) is 0 Å². The summed E-state index contributed by atoms with van der Waals surface area (Å²) in [7, 11) is 1.55. The van der Waals surface area contributed by atoms with E-state index in [0.717, 1.165) is 5.57 Å². The minimum absolute atomic E-state index is 0.0627. The lowest BCUT2D eigenvalue weighted by molar-refractivity contribution is -0.114. The average Bonchev–Trinajstić information content (AvgIpc) is 2.99. The lowest BCUT2D eigenvalue weighted by Crippen LogP contribution is -2.05. The molecule has 2 N–H and O–H groups in total. The maximum absolute atomic E-state index is 11.6. The summed E-state index contributed by atoms with van der Waals surface area (Å²) in [5, 5.41) is 20.7. The van der Waals surface area contributed by atoms with Crippen LogP contribution in [0.25, 0.3) is 16.3 Å². The summed E-state index contributed by atoms with van der Waals surface area (Å²) in [4.78, 5) is 11.6. The van der Waals surface area contributed by atoms with E-state index in [4.69, 9.17) is 14.6 Å². The maximum atomic E-state index is 11.6. The van der Waals surface area contributed by atoms with Crippen molar-refractivity contribution in [1.82, 2.24) is 0 Å². The molecule has 5 heteroatoms. The van der Waals surface area contributed by atoms with Gasteiger partial charge < -0.3 is 19.7 Å². The van der Waals surface area contributed by atoms with Crippen LogP contribution >= 0.6 is 0 Å². The fourth-order valence-corrected chi connectivity index (χ4v) is 2.91. The van der Waals surface area contributed by atoms with Crippen LogP contribution < -0.4 is 9.47 Å². The van der Waals surface area contributed by atoms with E-state index in [9.17, 15) is 9.90 Å². The standard InChI is InChI=1S/C18H18O5/c1-22-16-4-2-3-13-15(21)10-14(11-5-6-12(20)9-11)18(17(13)16)23-8-7-19/h2-4,9-10,19,21H,5-8H2,1H3. The van der Waals surface area contributed by atoms with Gasteiger partial charge in [-0.15, -0.1) is 0 Å². The molecule has 5 nitrogen and oxygen atoms in total. The van der Waals surface area contributed by atoms with Gasteiger partial charge in [-0.3, -0.25) is 4.79 Å². The van der Waals surface area contributed by atoms with Gasteiger partial charge in [0.05, 0.1) is 19.1 Å². The van der Waals surface area contributed by atoms with Gasteiger partial charge in [-0.1, -0.05) is 12.1 Å². The zero-order valence-electron chi connectivity index (χ0n) is 12.8. The zero-order valence-corrected chi connectivity index (χ0v) is 12.8. The average molecular weight is 314 g/mol. The third-order valence-corrected chi connectivity index (χ3v) is 3.93. The fourth-order valence-electron chi connectivity index (χ4n) is 2.91. The van der Waals surface area contributed by atoms with Gasteiger partial charge in [-0.05, 0) is 30.2 Å². The highest BCUT2D eigenvalue weighted by Crippen LogP contribution is 2.45. The molecule has 0 fully saturated rings. The first kappa shape index (κ1) is 15.4. The molecule has 2 aromatic rings. The van der Waals surface area contributed by atoms with Crippen molar-refractivity contribution >= 4 is 22.1 Å². The van der Waals surface area contributed by atoms with Gasteiger partial charge in [-0.25, -0.2) is 0 Å². The van der Waals surface area contributed by atoms with Gasteiger partial charge in [0.15, 0.2) is 5.78 Å². The maximum Gasteiger partial charge on any atom is 0.156 e. The number of fused-ring (bicyclic) bond motifs is 1. The summed E-state index contributed by atoms with van der Waals surface area (Å²) in [6.07, 6.45) is 2.65. The van der Waals surface area contributed by atoms with Crippen molar-refractivity contribution in [2.45, 2.75) is 12.8 Å². The van der Waals surface area contributed by atoms with E-state index in [1.165, 1.54) is 0 Å². The minimum Gasteiger partial charge on any atom is -0.507 e. The number of hydrogen-bond donors (Lipinski definition) is 2. The number of carbonyl (C=O) groups is 1. The van der Waals surface area contributed by atoms with Crippen molar-refractivity contribution in [3.63, 3.8) is 0 Å². The lowest BCUT2D eigenvalue weighted by Gasteiger charge is -2.17. The van der Waals surface area contributed by atoms with Crippen molar-refractivity contribution in [3.8, 4) is 17.2 Å². The predicted molar refractivity (Wildman–Crippen MR) is 87.0 cm³/mol. The van der Waals surface area contributed by atoms with Crippen LogP contribution in [0.3, 0.4) is 0 Å². The first-order valence-corrected chi connectivity index (χ1v) is 7.45.